The largest absolute Gasteiger partial charge is 0.493 e. The van der Waals surface area contributed by atoms with E-state index in [1.165, 1.54) is 26.5 Å². The van der Waals surface area contributed by atoms with Crippen molar-refractivity contribution in [2.75, 3.05) is 24.9 Å². The van der Waals surface area contributed by atoms with Gasteiger partial charge in [0.15, 0.2) is 17.3 Å². The number of hydrogen-bond acceptors (Lipinski definition) is 6. The Labute approximate surface area is 171 Å². The number of fused-ring (bicyclic) bond motifs is 1. The van der Waals surface area contributed by atoms with Crippen LogP contribution in [0.1, 0.15) is 21.1 Å². The molecule has 30 heavy (non-hydrogen) atoms. The molecule has 0 aliphatic carbocycles. The molecule has 0 spiro atoms. The van der Waals surface area contributed by atoms with Crippen molar-refractivity contribution in [2.24, 2.45) is 0 Å². The van der Waals surface area contributed by atoms with Gasteiger partial charge in [-0.25, -0.2) is 0 Å². The van der Waals surface area contributed by atoms with Crippen molar-refractivity contribution in [1.82, 2.24) is 0 Å². The summed E-state index contributed by atoms with van der Waals surface area (Å²) in [4.78, 5) is 25.5. The summed E-state index contributed by atoms with van der Waals surface area (Å²) in [7, 11) is 3.03. The van der Waals surface area contributed by atoms with Gasteiger partial charge < -0.3 is 28.9 Å². The first kappa shape index (κ1) is 19.1. The molecule has 4 rings (SSSR count). The molecule has 0 radical (unpaired) electrons. The van der Waals surface area contributed by atoms with Crippen LogP contribution in [0.25, 0.3) is 11.0 Å². The number of rotatable bonds is 6. The van der Waals surface area contributed by atoms with Crippen LogP contribution in [0.2, 0.25) is 0 Å². The molecule has 0 bridgehead atoms. The van der Waals surface area contributed by atoms with E-state index in [0.29, 0.717) is 28.2 Å². The smallest absolute Gasteiger partial charge is 0.293 e. The zero-order chi connectivity index (χ0) is 21.1. The summed E-state index contributed by atoms with van der Waals surface area (Å²) in [5.74, 6) is 0.0502. The highest BCUT2D eigenvalue weighted by Gasteiger charge is 2.24. The maximum Gasteiger partial charge on any atom is 0.293 e. The van der Waals surface area contributed by atoms with Gasteiger partial charge >= 0.3 is 0 Å². The zero-order valence-corrected chi connectivity index (χ0v) is 16.2. The van der Waals surface area contributed by atoms with Gasteiger partial charge in [0.2, 0.25) is 5.76 Å². The number of para-hydroxylation sites is 1. The summed E-state index contributed by atoms with van der Waals surface area (Å²) in [6.45, 7) is 0. The van der Waals surface area contributed by atoms with Crippen LogP contribution in [0, 0.1) is 0 Å². The van der Waals surface area contributed by atoms with Crippen LogP contribution in [-0.2, 0) is 0 Å². The molecule has 2 heterocycles. The van der Waals surface area contributed by atoms with Crippen LogP contribution in [0.5, 0.6) is 11.5 Å². The van der Waals surface area contributed by atoms with Crippen molar-refractivity contribution in [3.05, 3.63) is 72.4 Å². The van der Waals surface area contributed by atoms with E-state index in [-0.39, 0.29) is 17.2 Å². The molecule has 0 aliphatic heterocycles. The van der Waals surface area contributed by atoms with Gasteiger partial charge in [-0.05, 0) is 36.4 Å². The average Bonchev–Trinajstić information content (AvgIpc) is 3.42. The van der Waals surface area contributed by atoms with E-state index in [2.05, 4.69) is 10.6 Å². The normalized spacial score (nSPS) is 10.6. The molecule has 0 aliphatic rings. The molecular formula is C22H18N2O6. The van der Waals surface area contributed by atoms with Gasteiger partial charge in [-0.15, -0.1) is 0 Å². The lowest BCUT2D eigenvalue weighted by molar-refractivity contribution is 0.0996. The predicted octanol–water partition coefficient (Wildman–Crippen LogP) is 4.55. The highest BCUT2D eigenvalue weighted by Crippen LogP contribution is 2.33. The number of hydrogen-bond donors (Lipinski definition) is 2. The minimum absolute atomic E-state index is 0.0362. The fraction of sp³-hybridized carbons (Fsp3) is 0.0909. The van der Waals surface area contributed by atoms with Crippen LogP contribution in [0.4, 0.5) is 11.4 Å². The lowest BCUT2D eigenvalue weighted by Crippen LogP contribution is -2.17. The van der Waals surface area contributed by atoms with E-state index in [4.69, 9.17) is 18.3 Å². The van der Waals surface area contributed by atoms with Gasteiger partial charge in [0, 0.05) is 17.1 Å². The second-order valence-corrected chi connectivity index (χ2v) is 6.26. The number of anilines is 2. The van der Waals surface area contributed by atoms with Gasteiger partial charge in [-0.3, -0.25) is 9.59 Å². The SMILES string of the molecule is COc1ccc(NC(=O)c2oc3ccccc3c2NC(=O)c2ccco2)cc1OC. The van der Waals surface area contributed by atoms with E-state index >= 15 is 0 Å². The standard InChI is InChI=1S/C22H18N2O6/c1-27-16-10-9-13(12-18(16)28-2)23-22(26)20-19(14-6-3-4-7-15(14)30-20)24-21(25)17-8-5-11-29-17/h3-12H,1-2H3,(H,23,26)(H,24,25). The second kappa shape index (κ2) is 8.04. The van der Waals surface area contributed by atoms with Gasteiger partial charge in [-0.1, -0.05) is 12.1 Å². The first-order valence-electron chi connectivity index (χ1n) is 9.00. The summed E-state index contributed by atoms with van der Waals surface area (Å²) in [6, 6.07) is 15.1. The van der Waals surface area contributed by atoms with Crippen molar-refractivity contribution in [3.63, 3.8) is 0 Å². The number of methoxy groups -OCH3 is 2. The van der Waals surface area contributed by atoms with Crippen molar-refractivity contribution >= 4 is 34.2 Å². The molecule has 0 saturated heterocycles. The fourth-order valence-corrected chi connectivity index (χ4v) is 3.01. The van der Waals surface area contributed by atoms with Crippen LogP contribution in [0.3, 0.4) is 0 Å². The highest BCUT2D eigenvalue weighted by molar-refractivity contribution is 6.16. The Bertz CT molecular complexity index is 1210. The van der Waals surface area contributed by atoms with Crippen molar-refractivity contribution in [1.29, 1.82) is 0 Å². The topological polar surface area (TPSA) is 103 Å². The summed E-state index contributed by atoms with van der Waals surface area (Å²) in [6.07, 6.45) is 1.40. The van der Waals surface area contributed by atoms with E-state index in [1.807, 2.05) is 0 Å². The molecule has 4 aromatic rings. The molecule has 0 unspecified atom stereocenters. The molecule has 8 nitrogen and oxygen atoms in total. The Kier molecular flexibility index (Phi) is 5.13. The Balaban J connectivity index is 1.68. The lowest BCUT2D eigenvalue weighted by atomic mass is 10.2. The minimum Gasteiger partial charge on any atom is -0.493 e. The summed E-state index contributed by atoms with van der Waals surface area (Å²) in [5, 5.41) is 6.05. The number of nitrogens with one attached hydrogen (secondary N) is 2. The third-order valence-electron chi connectivity index (χ3n) is 4.43. The Hall–Kier alpha value is -4.20. The first-order chi connectivity index (χ1) is 14.6. The molecule has 0 saturated carbocycles. The minimum atomic E-state index is -0.534. The number of benzene rings is 2. The number of ether oxygens (including phenoxy) is 2. The maximum atomic E-state index is 13.0. The van der Waals surface area contributed by atoms with E-state index < -0.39 is 11.8 Å². The van der Waals surface area contributed by atoms with Crippen LogP contribution >= 0.6 is 0 Å². The molecule has 0 fully saturated rings. The van der Waals surface area contributed by atoms with Crippen LogP contribution < -0.4 is 20.1 Å². The summed E-state index contributed by atoms with van der Waals surface area (Å²) >= 11 is 0. The average molecular weight is 406 g/mol. The molecule has 2 amide bonds. The molecule has 152 valence electrons. The van der Waals surface area contributed by atoms with Gasteiger partial charge in [0.25, 0.3) is 11.8 Å². The number of carbonyl (C=O) groups excluding carboxylic acids is 2. The van der Waals surface area contributed by atoms with E-state index in [9.17, 15) is 9.59 Å². The monoisotopic (exact) mass is 406 g/mol. The van der Waals surface area contributed by atoms with Gasteiger partial charge in [0.05, 0.1) is 20.5 Å². The number of amides is 2. The third-order valence-corrected chi connectivity index (χ3v) is 4.43. The van der Waals surface area contributed by atoms with E-state index in [0.717, 1.165) is 0 Å². The number of carbonyl (C=O) groups is 2. The van der Waals surface area contributed by atoms with Crippen LogP contribution in [-0.4, -0.2) is 26.0 Å². The van der Waals surface area contributed by atoms with Crippen molar-refractivity contribution in [2.45, 2.75) is 0 Å². The zero-order valence-electron chi connectivity index (χ0n) is 16.2. The Morgan fingerprint density at radius 1 is 0.867 bits per heavy atom. The van der Waals surface area contributed by atoms with Crippen LogP contribution in [0.15, 0.2) is 69.7 Å². The second-order valence-electron chi connectivity index (χ2n) is 6.26. The Morgan fingerprint density at radius 3 is 2.40 bits per heavy atom. The molecular weight excluding hydrogens is 388 g/mol. The first-order valence-corrected chi connectivity index (χ1v) is 9.00. The van der Waals surface area contributed by atoms with Gasteiger partial charge in [0.1, 0.15) is 11.3 Å². The van der Waals surface area contributed by atoms with Gasteiger partial charge in [-0.2, -0.15) is 0 Å². The predicted molar refractivity (Wildman–Crippen MR) is 110 cm³/mol. The van der Waals surface area contributed by atoms with Crippen molar-refractivity contribution in [3.8, 4) is 11.5 Å². The molecule has 8 heteroatoms. The number of furan rings is 2. The summed E-state index contributed by atoms with van der Waals surface area (Å²) in [5.41, 5.74) is 1.19. The van der Waals surface area contributed by atoms with Crippen molar-refractivity contribution < 1.29 is 27.9 Å². The van der Waals surface area contributed by atoms with E-state index in [1.54, 1.807) is 48.5 Å². The third kappa shape index (κ3) is 3.58. The molecule has 2 N–H and O–H groups in total. The quantitative estimate of drug-likeness (QED) is 0.487. The Morgan fingerprint density at radius 2 is 1.67 bits per heavy atom. The maximum absolute atomic E-state index is 13.0. The lowest BCUT2D eigenvalue weighted by Gasteiger charge is -2.10. The fourth-order valence-electron chi connectivity index (χ4n) is 3.01. The summed E-state index contributed by atoms with van der Waals surface area (Å²) < 4.78 is 21.3. The molecule has 0 atom stereocenters. The molecule has 2 aromatic heterocycles. The highest BCUT2D eigenvalue weighted by atomic mass is 16.5. The molecule has 2 aromatic carbocycles.